The number of ether oxygens (including phenoxy) is 1. The molecule has 0 atom stereocenters. The molecule has 0 saturated heterocycles. The second kappa shape index (κ2) is 13.7. The molecule has 4 rings (SSSR count). The van der Waals surface area contributed by atoms with Gasteiger partial charge >= 0.3 is 0 Å². The third-order valence-electron chi connectivity index (χ3n) is 5.96. The molecule has 0 aliphatic heterocycles. The summed E-state index contributed by atoms with van der Waals surface area (Å²) in [6, 6.07) is 17.7. The van der Waals surface area contributed by atoms with E-state index in [4.69, 9.17) is 10.00 Å². The van der Waals surface area contributed by atoms with E-state index in [1.807, 2.05) is 32.3 Å². The minimum Gasteiger partial charge on any atom is -0.387 e. The summed E-state index contributed by atoms with van der Waals surface area (Å²) in [6.07, 6.45) is 5.70. The number of nitrogens with zero attached hydrogens (tertiary/aromatic N) is 5. The highest BCUT2D eigenvalue weighted by Gasteiger charge is 2.21. The van der Waals surface area contributed by atoms with Crippen molar-refractivity contribution in [1.82, 2.24) is 19.9 Å². The quantitative estimate of drug-likeness (QED) is 0.222. The van der Waals surface area contributed by atoms with Crippen molar-refractivity contribution in [3.05, 3.63) is 84.2 Å². The third kappa shape index (κ3) is 7.90. The SMILES string of the molecule is CC(C)(C#N)c1cc(C=O)ccn1.CNc1cnc(C)c(-c2cccc(-c3cc(NCCOC)ncn3)c2)c1. The summed E-state index contributed by atoms with van der Waals surface area (Å²) in [5.74, 6) is 0.785. The van der Waals surface area contributed by atoms with Crippen LogP contribution in [0.4, 0.5) is 11.5 Å². The van der Waals surface area contributed by atoms with Gasteiger partial charge in [0.1, 0.15) is 18.4 Å². The first kappa shape index (κ1) is 28.9. The van der Waals surface area contributed by atoms with E-state index in [9.17, 15) is 4.79 Å². The fourth-order valence-electron chi connectivity index (χ4n) is 3.62. The van der Waals surface area contributed by atoms with E-state index < -0.39 is 5.41 Å². The van der Waals surface area contributed by atoms with Gasteiger partial charge in [0.05, 0.1) is 41.4 Å². The van der Waals surface area contributed by atoms with Crippen LogP contribution in [0, 0.1) is 18.3 Å². The maximum Gasteiger partial charge on any atom is 0.150 e. The topological polar surface area (TPSA) is 126 Å². The first-order chi connectivity index (χ1) is 18.8. The standard InChI is InChI=1S/C20H23N5O.C10H10N2O/c1-14-18(10-17(21-2)12-23-14)15-5-4-6-16(9-15)19-11-20(25-13-24-19)22-7-8-26-3;1-10(2,7-11)9-5-8(6-13)3-4-12-9/h4-6,9-13,21H,7-8H2,1-3H3,(H,22,24,25);3-6H,1-2H3. The largest absolute Gasteiger partial charge is 0.387 e. The Balaban J connectivity index is 0.000000272. The van der Waals surface area contributed by atoms with Crippen LogP contribution in [-0.4, -0.2) is 53.5 Å². The average molecular weight is 524 g/mol. The van der Waals surface area contributed by atoms with E-state index in [2.05, 4.69) is 60.9 Å². The van der Waals surface area contributed by atoms with Gasteiger partial charge in [-0.25, -0.2) is 9.97 Å². The molecule has 4 aromatic rings. The number of rotatable bonds is 9. The molecule has 3 heterocycles. The number of aromatic nitrogens is 4. The van der Waals surface area contributed by atoms with Crippen molar-refractivity contribution in [3.63, 3.8) is 0 Å². The van der Waals surface area contributed by atoms with E-state index in [0.717, 1.165) is 45.9 Å². The summed E-state index contributed by atoms with van der Waals surface area (Å²) in [4.78, 5) is 27.7. The fourth-order valence-corrected chi connectivity index (χ4v) is 3.62. The first-order valence-electron chi connectivity index (χ1n) is 12.4. The Morgan fingerprint density at radius 3 is 2.56 bits per heavy atom. The number of carbonyl (C=O) groups is 1. The molecule has 0 aliphatic carbocycles. The highest BCUT2D eigenvalue weighted by Crippen LogP contribution is 2.29. The maximum absolute atomic E-state index is 10.5. The molecule has 0 aliphatic rings. The van der Waals surface area contributed by atoms with Gasteiger partial charge in [-0.15, -0.1) is 0 Å². The molecule has 1 aromatic carbocycles. The summed E-state index contributed by atoms with van der Waals surface area (Å²) >= 11 is 0. The van der Waals surface area contributed by atoms with Crippen molar-refractivity contribution < 1.29 is 9.53 Å². The number of aldehydes is 1. The fraction of sp³-hybridized carbons (Fsp3) is 0.267. The Labute approximate surface area is 229 Å². The van der Waals surface area contributed by atoms with Crippen molar-refractivity contribution in [2.45, 2.75) is 26.2 Å². The molecule has 2 N–H and O–H groups in total. The van der Waals surface area contributed by atoms with Crippen LogP contribution in [0.1, 0.15) is 35.6 Å². The molecule has 0 spiro atoms. The van der Waals surface area contributed by atoms with E-state index >= 15 is 0 Å². The first-order valence-corrected chi connectivity index (χ1v) is 12.4. The van der Waals surface area contributed by atoms with Crippen LogP contribution >= 0.6 is 0 Å². The van der Waals surface area contributed by atoms with Gasteiger partial charge in [0.15, 0.2) is 0 Å². The molecule has 0 bridgehead atoms. The van der Waals surface area contributed by atoms with E-state index in [1.165, 1.54) is 6.20 Å². The molecule has 3 aromatic heterocycles. The van der Waals surface area contributed by atoms with Gasteiger partial charge in [-0.05, 0) is 50.6 Å². The monoisotopic (exact) mass is 523 g/mol. The lowest BCUT2D eigenvalue weighted by molar-refractivity contribution is 0.112. The number of benzene rings is 1. The summed E-state index contributed by atoms with van der Waals surface area (Å²) in [5.41, 5.74) is 6.63. The number of pyridine rings is 2. The Morgan fingerprint density at radius 2 is 1.85 bits per heavy atom. The number of carbonyl (C=O) groups excluding carboxylic acids is 1. The maximum atomic E-state index is 10.5. The minimum absolute atomic E-state index is 0.549. The van der Waals surface area contributed by atoms with Gasteiger partial charge in [-0.1, -0.05) is 18.2 Å². The van der Waals surface area contributed by atoms with Gasteiger partial charge in [-0.3, -0.25) is 14.8 Å². The van der Waals surface area contributed by atoms with E-state index in [0.29, 0.717) is 24.4 Å². The van der Waals surface area contributed by atoms with E-state index in [-0.39, 0.29) is 0 Å². The molecular formula is C30H33N7O2. The lowest BCUT2D eigenvalue weighted by Gasteiger charge is -2.13. The zero-order chi connectivity index (χ0) is 28.3. The third-order valence-corrected chi connectivity index (χ3v) is 5.96. The van der Waals surface area contributed by atoms with Crippen LogP contribution in [0.3, 0.4) is 0 Å². The van der Waals surface area contributed by atoms with E-state index in [1.54, 1.807) is 39.4 Å². The summed E-state index contributed by atoms with van der Waals surface area (Å²) in [7, 11) is 3.57. The molecule has 0 fully saturated rings. The zero-order valence-electron chi connectivity index (χ0n) is 22.9. The van der Waals surface area contributed by atoms with Gasteiger partial charge in [0.25, 0.3) is 0 Å². The van der Waals surface area contributed by atoms with Crippen molar-refractivity contribution in [2.24, 2.45) is 0 Å². The number of hydrogen-bond donors (Lipinski definition) is 2. The highest BCUT2D eigenvalue weighted by molar-refractivity contribution is 5.75. The Morgan fingerprint density at radius 1 is 1.05 bits per heavy atom. The molecule has 39 heavy (non-hydrogen) atoms. The predicted molar refractivity (Wildman–Crippen MR) is 154 cm³/mol. The second-order valence-electron chi connectivity index (χ2n) is 9.22. The summed E-state index contributed by atoms with van der Waals surface area (Å²) in [6.45, 7) is 6.88. The van der Waals surface area contributed by atoms with Crippen LogP contribution < -0.4 is 10.6 Å². The van der Waals surface area contributed by atoms with Crippen LogP contribution in [0.15, 0.2) is 67.3 Å². The van der Waals surface area contributed by atoms with Crippen LogP contribution in [0.25, 0.3) is 22.4 Å². The van der Waals surface area contributed by atoms with Gasteiger partial charge < -0.3 is 15.4 Å². The molecular weight excluding hydrogens is 490 g/mol. The molecule has 0 saturated carbocycles. The van der Waals surface area contributed by atoms with Gasteiger partial charge in [0.2, 0.25) is 0 Å². The number of aryl methyl sites for hydroxylation is 1. The zero-order valence-corrected chi connectivity index (χ0v) is 22.9. The molecule has 0 radical (unpaired) electrons. The second-order valence-corrected chi connectivity index (χ2v) is 9.22. The number of hydrogen-bond acceptors (Lipinski definition) is 9. The Bertz CT molecular complexity index is 1450. The van der Waals surface area contributed by atoms with Crippen molar-refractivity contribution in [2.75, 3.05) is 37.9 Å². The van der Waals surface area contributed by atoms with Crippen LogP contribution in [-0.2, 0) is 10.2 Å². The number of nitriles is 1. The van der Waals surface area contributed by atoms with Gasteiger partial charge in [-0.2, -0.15) is 5.26 Å². The number of methoxy groups -OCH3 is 1. The lowest BCUT2D eigenvalue weighted by atomic mass is 9.90. The average Bonchev–Trinajstić information content (AvgIpc) is 2.98. The van der Waals surface area contributed by atoms with Gasteiger partial charge in [0, 0.05) is 55.3 Å². The summed E-state index contributed by atoms with van der Waals surface area (Å²) < 4.78 is 5.06. The Hall–Kier alpha value is -4.68. The van der Waals surface area contributed by atoms with Crippen LogP contribution in [0.2, 0.25) is 0 Å². The van der Waals surface area contributed by atoms with Crippen molar-refractivity contribution in [3.8, 4) is 28.5 Å². The minimum atomic E-state index is -0.640. The Kier molecular flexibility index (Phi) is 10.2. The molecule has 0 unspecified atom stereocenters. The van der Waals surface area contributed by atoms with Crippen molar-refractivity contribution in [1.29, 1.82) is 5.26 Å². The highest BCUT2D eigenvalue weighted by atomic mass is 16.5. The molecule has 0 amide bonds. The normalized spacial score (nSPS) is 10.6. The summed E-state index contributed by atoms with van der Waals surface area (Å²) in [5, 5.41) is 15.2. The number of nitrogens with one attached hydrogen (secondary N) is 2. The molecule has 9 nitrogen and oxygen atoms in total. The smallest absolute Gasteiger partial charge is 0.150 e. The van der Waals surface area contributed by atoms with Crippen LogP contribution in [0.5, 0.6) is 0 Å². The predicted octanol–water partition coefficient (Wildman–Crippen LogP) is 5.31. The molecule has 200 valence electrons. The molecule has 9 heteroatoms. The van der Waals surface area contributed by atoms with Crippen molar-refractivity contribution >= 4 is 17.8 Å². The lowest BCUT2D eigenvalue weighted by Crippen LogP contribution is -2.16. The number of anilines is 2.